The van der Waals surface area contributed by atoms with Crippen LogP contribution in [0.25, 0.3) is 0 Å². The largest absolute Gasteiger partial charge is 0.346 e. The van der Waals surface area contributed by atoms with Crippen molar-refractivity contribution in [2.75, 3.05) is 6.54 Å². The van der Waals surface area contributed by atoms with Crippen LogP contribution in [0.3, 0.4) is 0 Å². The molecule has 0 aromatic carbocycles. The van der Waals surface area contributed by atoms with E-state index in [1.807, 2.05) is 0 Å². The van der Waals surface area contributed by atoms with E-state index in [0.717, 1.165) is 13.0 Å². The third-order valence-electron chi connectivity index (χ3n) is 1.10. The maximum absolute atomic E-state index is 5.00. The normalized spacial score (nSPS) is 10.4. The Bertz CT molecular complexity index is 103. The predicted molar refractivity (Wildman–Crippen MR) is 40.9 cm³/mol. The number of rotatable bonds is 2. The Morgan fingerprint density at radius 3 is 2.33 bits per heavy atom. The van der Waals surface area contributed by atoms with Crippen LogP contribution in [0.4, 0.5) is 0 Å². The molecule has 0 atom stereocenters. The summed E-state index contributed by atoms with van der Waals surface area (Å²) in [6.45, 7) is 7.52. The summed E-state index contributed by atoms with van der Waals surface area (Å²) in [5.41, 5.74) is 0.393. The first kappa shape index (κ1) is 8.36. The quantitative estimate of drug-likeness (QED) is 0.336. The zero-order valence-corrected chi connectivity index (χ0v) is 6.49. The Hall–Kier alpha value is -0.640. The summed E-state index contributed by atoms with van der Waals surface area (Å²) in [5, 5.41) is 2.83. The Balaban J connectivity index is 3.20. The van der Waals surface area contributed by atoms with Crippen molar-refractivity contribution in [3.8, 4) is 12.5 Å². The summed E-state index contributed by atoms with van der Waals surface area (Å²) < 4.78 is 0. The molecule has 9 heavy (non-hydrogen) atoms. The number of terminal acetylenes is 1. The van der Waals surface area contributed by atoms with Crippen molar-refractivity contribution in [2.24, 2.45) is 5.41 Å². The minimum atomic E-state index is 0.393. The highest BCUT2D eigenvalue weighted by atomic mass is 14.8. The SMILES string of the molecule is C#CNCCC(C)(C)C. The third-order valence-corrected chi connectivity index (χ3v) is 1.10. The van der Waals surface area contributed by atoms with Crippen molar-refractivity contribution in [3.63, 3.8) is 0 Å². The predicted octanol–water partition coefficient (Wildman–Crippen LogP) is 1.60. The van der Waals surface area contributed by atoms with E-state index >= 15 is 0 Å². The van der Waals surface area contributed by atoms with Crippen LogP contribution in [-0.2, 0) is 0 Å². The molecule has 1 heteroatoms. The molecule has 0 amide bonds. The van der Waals surface area contributed by atoms with E-state index in [9.17, 15) is 0 Å². The molecular formula is C8H15N. The van der Waals surface area contributed by atoms with Gasteiger partial charge in [-0.05, 0) is 11.8 Å². The second-order valence-corrected chi connectivity index (χ2v) is 3.38. The fourth-order valence-corrected chi connectivity index (χ4v) is 0.510. The first-order chi connectivity index (χ1) is 4.06. The van der Waals surface area contributed by atoms with Crippen molar-refractivity contribution < 1.29 is 0 Å². The topological polar surface area (TPSA) is 12.0 Å². The van der Waals surface area contributed by atoms with Gasteiger partial charge in [0.1, 0.15) is 0 Å². The second-order valence-electron chi connectivity index (χ2n) is 3.38. The molecule has 0 aliphatic heterocycles. The molecule has 0 heterocycles. The summed E-state index contributed by atoms with van der Waals surface area (Å²) in [7, 11) is 0. The minimum Gasteiger partial charge on any atom is -0.346 e. The molecular weight excluding hydrogens is 110 g/mol. The van der Waals surface area contributed by atoms with Crippen molar-refractivity contribution in [1.29, 1.82) is 0 Å². The molecule has 0 saturated heterocycles. The van der Waals surface area contributed by atoms with Crippen molar-refractivity contribution in [1.82, 2.24) is 5.32 Å². The van der Waals surface area contributed by atoms with Crippen LogP contribution in [-0.4, -0.2) is 6.54 Å². The molecule has 0 saturated carbocycles. The van der Waals surface area contributed by atoms with Gasteiger partial charge < -0.3 is 5.32 Å². The molecule has 1 nitrogen and oxygen atoms in total. The lowest BCUT2D eigenvalue weighted by molar-refractivity contribution is 0.377. The van der Waals surface area contributed by atoms with Gasteiger partial charge in [0.15, 0.2) is 0 Å². The van der Waals surface area contributed by atoms with Gasteiger partial charge >= 0.3 is 0 Å². The van der Waals surface area contributed by atoms with Crippen molar-refractivity contribution in [2.45, 2.75) is 27.2 Å². The Kier molecular flexibility index (Phi) is 3.16. The Morgan fingerprint density at radius 1 is 1.44 bits per heavy atom. The van der Waals surface area contributed by atoms with Gasteiger partial charge in [-0.3, -0.25) is 0 Å². The van der Waals surface area contributed by atoms with Crippen LogP contribution >= 0.6 is 0 Å². The molecule has 0 aliphatic carbocycles. The Labute approximate surface area is 57.8 Å². The van der Waals surface area contributed by atoms with Gasteiger partial charge in [-0.25, -0.2) is 0 Å². The number of nitrogens with one attached hydrogen (secondary N) is 1. The minimum absolute atomic E-state index is 0.393. The molecule has 0 unspecified atom stereocenters. The maximum Gasteiger partial charge on any atom is 0.0234 e. The van der Waals surface area contributed by atoms with Crippen LogP contribution in [0.1, 0.15) is 27.2 Å². The van der Waals surface area contributed by atoms with E-state index in [1.54, 1.807) is 0 Å². The van der Waals surface area contributed by atoms with Gasteiger partial charge in [0.2, 0.25) is 0 Å². The second kappa shape index (κ2) is 3.40. The van der Waals surface area contributed by atoms with E-state index in [1.165, 1.54) is 0 Å². The van der Waals surface area contributed by atoms with E-state index in [2.05, 4.69) is 32.1 Å². The molecule has 0 radical (unpaired) electrons. The molecule has 52 valence electrons. The average Bonchev–Trinajstić information content (AvgIpc) is 1.63. The third kappa shape index (κ3) is 7.36. The van der Waals surface area contributed by atoms with E-state index in [-0.39, 0.29) is 0 Å². The van der Waals surface area contributed by atoms with Crippen LogP contribution < -0.4 is 5.32 Å². The lowest BCUT2D eigenvalue weighted by Crippen LogP contribution is -2.15. The van der Waals surface area contributed by atoms with Crippen LogP contribution in [0.2, 0.25) is 0 Å². The standard InChI is InChI=1S/C8H15N/c1-5-9-7-6-8(2,3)4/h1,9H,6-7H2,2-4H3. The highest BCUT2D eigenvalue weighted by molar-refractivity contribution is 4.80. The summed E-state index contributed by atoms with van der Waals surface area (Å²) in [6, 6.07) is 2.39. The fourth-order valence-electron chi connectivity index (χ4n) is 0.510. The van der Waals surface area contributed by atoms with Crippen LogP contribution in [0.15, 0.2) is 0 Å². The van der Waals surface area contributed by atoms with Crippen LogP contribution in [0, 0.1) is 17.9 Å². The summed E-state index contributed by atoms with van der Waals surface area (Å²) >= 11 is 0. The van der Waals surface area contributed by atoms with Crippen LogP contribution in [0.5, 0.6) is 0 Å². The highest BCUT2D eigenvalue weighted by Crippen LogP contribution is 2.16. The van der Waals surface area contributed by atoms with Gasteiger partial charge in [-0.2, -0.15) is 0 Å². The lowest BCUT2D eigenvalue weighted by Gasteiger charge is -2.16. The van der Waals surface area contributed by atoms with E-state index < -0.39 is 0 Å². The zero-order chi connectivity index (χ0) is 7.33. The van der Waals surface area contributed by atoms with Gasteiger partial charge in [-0.15, -0.1) is 0 Å². The molecule has 0 aromatic rings. The summed E-state index contributed by atoms with van der Waals surface area (Å²) in [5.74, 6) is 0. The monoisotopic (exact) mass is 125 g/mol. The summed E-state index contributed by atoms with van der Waals surface area (Å²) in [4.78, 5) is 0. The smallest absolute Gasteiger partial charge is 0.0234 e. The van der Waals surface area contributed by atoms with Gasteiger partial charge in [0.25, 0.3) is 0 Å². The molecule has 0 fully saturated rings. The first-order valence-electron chi connectivity index (χ1n) is 3.25. The zero-order valence-electron chi connectivity index (χ0n) is 6.49. The fraction of sp³-hybridized carbons (Fsp3) is 0.750. The van der Waals surface area contributed by atoms with Crippen molar-refractivity contribution >= 4 is 0 Å². The van der Waals surface area contributed by atoms with E-state index in [0.29, 0.717) is 5.41 Å². The van der Waals surface area contributed by atoms with Gasteiger partial charge in [-0.1, -0.05) is 27.2 Å². The molecule has 0 aliphatic rings. The van der Waals surface area contributed by atoms with Crippen molar-refractivity contribution in [3.05, 3.63) is 0 Å². The molecule has 0 rings (SSSR count). The maximum atomic E-state index is 5.00. The highest BCUT2D eigenvalue weighted by Gasteiger charge is 2.07. The van der Waals surface area contributed by atoms with E-state index in [4.69, 9.17) is 6.42 Å². The molecule has 1 N–H and O–H groups in total. The first-order valence-corrected chi connectivity index (χ1v) is 3.25. The number of hydrogen-bond acceptors (Lipinski definition) is 1. The lowest BCUT2D eigenvalue weighted by atomic mass is 9.92. The number of hydrogen-bond donors (Lipinski definition) is 1. The van der Waals surface area contributed by atoms with Gasteiger partial charge in [0, 0.05) is 12.6 Å². The summed E-state index contributed by atoms with van der Waals surface area (Å²) in [6.07, 6.45) is 6.12. The molecule has 0 spiro atoms. The molecule has 0 bridgehead atoms. The molecule has 0 aromatic heterocycles. The Morgan fingerprint density at radius 2 is 2.00 bits per heavy atom. The van der Waals surface area contributed by atoms with Gasteiger partial charge in [0.05, 0.1) is 0 Å². The average molecular weight is 125 g/mol.